The van der Waals surface area contributed by atoms with Crippen molar-refractivity contribution in [2.75, 3.05) is 18.5 Å². The number of ether oxygens (including phenoxy) is 1. The number of carbonyl (C=O) groups excluding carboxylic acids is 2. The summed E-state index contributed by atoms with van der Waals surface area (Å²) in [4.78, 5) is 36.1. The highest BCUT2D eigenvalue weighted by atomic mass is 16.5. The number of aryl methyl sites for hydroxylation is 1. The van der Waals surface area contributed by atoms with Crippen LogP contribution in [0.4, 0.5) is 5.69 Å². The Morgan fingerprint density at radius 1 is 1.19 bits per heavy atom. The molecule has 1 saturated heterocycles. The Morgan fingerprint density at radius 3 is 2.63 bits per heavy atom. The minimum Gasteiger partial charge on any atom is -0.381 e. The Hall–Kier alpha value is -2.93. The van der Waals surface area contributed by atoms with Gasteiger partial charge in [0, 0.05) is 32.5 Å². The van der Waals surface area contributed by atoms with E-state index in [9.17, 15) is 14.4 Å². The lowest BCUT2D eigenvalue weighted by Crippen LogP contribution is -2.38. The standard InChI is InChI=1S/C20H23N3O4/c1-23-12-16(7-8-18(23)24)21-19(25)20(26)22-17(11-14-9-10-27-13-14)15-5-3-2-4-6-15/h2-8,12,14,17H,9-11,13H2,1H3,(H,21,25)(H,22,26). The minimum atomic E-state index is -0.766. The minimum absolute atomic E-state index is 0.194. The molecule has 1 aliphatic rings. The van der Waals surface area contributed by atoms with Gasteiger partial charge in [0.2, 0.25) is 5.56 Å². The van der Waals surface area contributed by atoms with Crippen molar-refractivity contribution in [1.29, 1.82) is 0 Å². The lowest BCUT2D eigenvalue weighted by atomic mass is 9.94. The van der Waals surface area contributed by atoms with Gasteiger partial charge in [-0.15, -0.1) is 0 Å². The molecular formula is C20H23N3O4. The van der Waals surface area contributed by atoms with E-state index < -0.39 is 11.8 Å². The molecule has 3 rings (SSSR count). The van der Waals surface area contributed by atoms with Crippen LogP contribution in [0.5, 0.6) is 0 Å². The number of amides is 2. The highest BCUT2D eigenvalue weighted by molar-refractivity contribution is 6.39. The van der Waals surface area contributed by atoms with Crippen LogP contribution in [-0.4, -0.2) is 29.6 Å². The monoisotopic (exact) mass is 369 g/mol. The number of aromatic nitrogens is 1. The zero-order valence-electron chi connectivity index (χ0n) is 15.2. The second kappa shape index (κ2) is 8.64. The van der Waals surface area contributed by atoms with Crippen LogP contribution >= 0.6 is 0 Å². The summed E-state index contributed by atoms with van der Waals surface area (Å²) in [5, 5.41) is 5.36. The molecule has 0 saturated carbocycles. The SMILES string of the molecule is Cn1cc(NC(=O)C(=O)NC(CC2CCOC2)c2ccccc2)ccc1=O. The second-order valence-corrected chi connectivity index (χ2v) is 6.72. The van der Waals surface area contributed by atoms with Gasteiger partial charge >= 0.3 is 11.8 Å². The molecule has 2 aromatic rings. The molecule has 0 radical (unpaired) electrons. The first-order valence-corrected chi connectivity index (χ1v) is 8.94. The number of anilines is 1. The summed E-state index contributed by atoms with van der Waals surface area (Å²) < 4.78 is 6.76. The van der Waals surface area contributed by atoms with Gasteiger partial charge in [-0.25, -0.2) is 0 Å². The predicted octanol–water partition coefficient (Wildman–Crippen LogP) is 1.61. The molecule has 1 aromatic heterocycles. The van der Waals surface area contributed by atoms with Gasteiger partial charge < -0.3 is 19.9 Å². The van der Waals surface area contributed by atoms with E-state index >= 15 is 0 Å². The second-order valence-electron chi connectivity index (χ2n) is 6.72. The summed E-state index contributed by atoms with van der Waals surface area (Å²) in [6, 6.07) is 12.1. The smallest absolute Gasteiger partial charge is 0.313 e. The summed E-state index contributed by atoms with van der Waals surface area (Å²) in [5.74, 6) is -1.13. The van der Waals surface area contributed by atoms with Crippen LogP contribution in [-0.2, 0) is 21.4 Å². The van der Waals surface area contributed by atoms with Crippen LogP contribution in [0.2, 0.25) is 0 Å². The fourth-order valence-electron chi connectivity index (χ4n) is 3.15. The van der Waals surface area contributed by atoms with Crippen LogP contribution < -0.4 is 16.2 Å². The van der Waals surface area contributed by atoms with Crippen molar-refractivity contribution in [3.05, 3.63) is 64.6 Å². The van der Waals surface area contributed by atoms with Crippen LogP contribution in [0.25, 0.3) is 0 Å². The van der Waals surface area contributed by atoms with Gasteiger partial charge in [-0.3, -0.25) is 14.4 Å². The van der Waals surface area contributed by atoms with Gasteiger partial charge in [0.15, 0.2) is 0 Å². The van der Waals surface area contributed by atoms with E-state index in [1.54, 1.807) is 7.05 Å². The van der Waals surface area contributed by atoms with Gasteiger partial charge in [-0.2, -0.15) is 0 Å². The third-order valence-corrected chi connectivity index (χ3v) is 4.65. The molecule has 2 atom stereocenters. The summed E-state index contributed by atoms with van der Waals surface area (Å²) >= 11 is 0. The zero-order valence-corrected chi connectivity index (χ0v) is 15.2. The molecule has 2 heterocycles. The lowest BCUT2D eigenvalue weighted by Gasteiger charge is -2.21. The Bertz CT molecular complexity index is 857. The Labute approximate surface area is 157 Å². The number of nitrogens with zero attached hydrogens (tertiary/aromatic N) is 1. The predicted molar refractivity (Wildman–Crippen MR) is 101 cm³/mol. The topological polar surface area (TPSA) is 89.4 Å². The number of pyridine rings is 1. The molecular weight excluding hydrogens is 346 g/mol. The van der Waals surface area contributed by atoms with Crippen molar-refractivity contribution in [3.8, 4) is 0 Å². The number of rotatable bonds is 5. The molecule has 0 spiro atoms. The first-order chi connectivity index (χ1) is 13.0. The molecule has 1 aromatic carbocycles. The Morgan fingerprint density at radius 2 is 1.96 bits per heavy atom. The number of hydrogen-bond donors (Lipinski definition) is 2. The molecule has 7 heteroatoms. The van der Waals surface area contributed by atoms with Crippen LogP contribution in [0.1, 0.15) is 24.4 Å². The summed E-state index contributed by atoms with van der Waals surface area (Å²) in [7, 11) is 1.58. The highest BCUT2D eigenvalue weighted by Crippen LogP contribution is 2.26. The Kier molecular flexibility index (Phi) is 6.03. The van der Waals surface area contributed by atoms with E-state index in [-0.39, 0.29) is 11.6 Å². The van der Waals surface area contributed by atoms with Crippen LogP contribution in [0, 0.1) is 5.92 Å². The average Bonchev–Trinajstić information content (AvgIpc) is 3.18. The maximum Gasteiger partial charge on any atom is 0.313 e. The average molecular weight is 369 g/mol. The number of nitrogens with one attached hydrogen (secondary N) is 2. The van der Waals surface area contributed by atoms with Gasteiger partial charge in [0.05, 0.1) is 11.7 Å². The maximum absolute atomic E-state index is 12.4. The maximum atomic E-state index is 12.4. The number of carbonyl (C=O) groups is 2. The number of hydrogen-bond acceptors (Lipinski definition) is 4. The lowest BCUT2D eigenvalue weighted by molar-refractivity contribution is -0.136. The normalized spacial score (nSPS) is 17.3. The molecule has 0 aliphatic carbocycles. The van der Waals surface area contributed by atoms with E-state index in [0.717, 1.165) is 18.6 Å². The molecule has 2 N–H and O–H groups in total. The molecule has 2 amide bonds. The van der Waals surface area contributed by atoms with Crippen LogP contribution in [0.3, 0.4) is 0 Å². The van der Waals surface area contributed by atoms with E-state index in [1.807, 2.05) is 30.3 Å². The largest absolute Gasteiger partial charge is 0.381 e. The van der Waals surface area contributed by atoms with E-state index in [2.05, 4.69) is 10.6 Å². The molecule has 0 bridgehead atoms. The number of benzene rings is 1. The van der Waals surface area contributed by atoms with E-state index in [4.69, 9.17) is 4.74 Å². The van der Waals surface area contributed by atoms with Crippen molar-refractivity contribution in [3.63, 3.8) is 0 Å². The fourth-order valence-corrected chi connectivity index (χ4v) is 3.15. The summed E-state index contributed by atoms with van der Waals surface area (Å²) in [6.07, 6.45) is 3.13. The van der Waals surface area contributed by atoms with Gasteiger partial charge in [-0.1, -0.05) is 30.3 Å². The van der Waals surface area contributed by atoms with Crippen molar-refractivity contribution < 1.29 is 14.3 Å². The molecule has 2 unspecified atom stereocenters. The molecule has 1 aliphatic heterocycles. The third kappa shape index (κ3) is 5.04. The van der Waals surface area contributed by atoms with Gasteiger partial charge in [0.1, 0.15) is 0 Å². The first-order valence-electron chi connectivity index (χ1n) is 8.94. The highest BCUT2D eigenvalue weighted by Gasteiger charge is 2.25. The quantitative estimate of drug-likeness (QED) is 0.784. The Balaban J connectivity index is 1.68. The first kappa shape index (κ1) is 18.8. The molecule has 27 heavy (non-hydrogen) atoms. The van der Waals surface area contributed by atoms with Gasteiger partial charge in [0.25, 0.3) is 0 Å². The summed E-state index contributed by atoms with van der Waals surface area (Å²) in [6.45, 7) is 1.40. The zero-order chi connectivity index (χ0) is 19.2. The van der Waals surface area contributed by atoms with Crippen molar-refractivity contribution >= 4 is 17.5 Å². The van der Waals surface area contributed by atoms with Crippen LogP contribution in [0.15, 0.2) is 53.5 Å². The van der Waals surface area contributed by atoms with Crippen molar-refractivity contribution in [2.24, 2.45) is 13.0 Å². The van der Waals surface area contributed by atoms with Crippen molar-refractivity contribution in [2.45, 2.75) is 18.9 Å². The molecule has 142 valence electrons. The fraction of sp³-hybridized carbons (Fsp3) is 0.350. The van der Waals surface area contributed by atoms with Crippen molar-refractivity contribution in [1.82, 2.24) is 9.88 Å². The van der Waals surface area contributed by atoms with E-state index in [0.29, 0.717) is 24.6 Å². The van der Waals surface area contributed by atoms with E-state index in [1.165, 1.54) is 22.9 Å². The molecule has 1 fully saturated rings. The van der Waals surface area contributed by atoms with Gasteiger partial charge in [-0.05, 0) is 30.4 Å². The molecule has 7 nitrogen and oxygen atoms in total. The third-order valence-electron chi connectivity index (χ3n) is 4.65. The summed E-state index contributed by atoms with van der Waals surface area (Å²) in [5.41, 5.74) is 1.14.